The molecule has 4 nitrogen and oxygen atoms in total. The summed E-state index contributed by atoms with van der Waals surface area (Å²) in [7, 11) is 0. The summed E-state index contributed by atoms with van der Waals surface area (Å²) in [5, 5.41) is 2.66. The molecule has 102 valence electrons. The first-order valence-corrected chi connectivity index (χ1v) is 6.44. The molecule has 0 heterocycles. The molecule has 1 aromatic rings. The number of benzene rings is 1. The highest BCUT2D eigenvalue weighted by molar-refractivity contribution is 5.91. The molecular weight excluding hydrogens is 242 g/mol. The number of amides is 1. The van der Waals surface area contributed by atoms with Crippen molar-refractivity contribution in [1.82, 2.24) is 5.32 Å². The summed E-state index contributed by atoms with van der Waals surface area (Å²) in [6, 6.07) is 7.33. The molecule has 4 heteroatoms. The SMILES string of the molecule is CC(C)(C)OC(=O)NC1Cc2ccccc2CC1=O. The Bertz CT molecular complexity index is 502. The maximum atomic E-state index is 12.0. The molecule has 0 saturated heterocycles. The lowest BCUT2D eigenvalue weighted by atomic mass is 9.87. The van der Waals surface area contributed by atoms with Crippen molar-refractivity contribution in [2.45, 2.75) is 45.3 Å². The third-order valence-electron chi connectivity index (χ3n) is 2.99. The molecular formula is C15H19NO3. The van der Waals surface area contributed by atoms with Gasteiger partial charge in [0.1, 0.15) is 5.60 Å². The Morgan fingerprint density at radius 1 is 1.26 bits per heavy atom. The first-order valence-electron chi connectivity index (χ1n) is 6.44. The zero-order chi connectivity index (χ0) is 14.0. The zero-order valence-corrected chi connectivity index (χ0v) is 11.5. The molecule has 0 radical (unpaired) electrons. The molecule has 0 fully saturated rings. The van der Waals surface area contributed by atoms with Crippen LogP contribution in [-0.2, 0) is 22.4 Å². The molecule has 1 unspecified atom stereocenters. The smallest absolute Gasteiger partial charge is 0.408 e. The molecule has 1 aromatic carbocycles. The van der Waals surface area contributed by atoms with E-state index in [9.17, 15) is 9.59 Å². The summed E-state index contributed by atoms with van der Waals surface area (Å²) in [4.78, 5) is 23.7. The van der Waals surface area contributed by atoms with Gasteiger partial charge < -0.3 is 10.1 Å². The number of alkyl carbamates (subject to hydrolysis) is 1. The molecule has 1 aliphatic carbocycles. The highest BCUT2D eigenvalue weighted by Gasteiger charge is 2.28. The number of nitrogens with one attached hydrogen (secondary N) is 1. The van der Waals surface area contributed by atoms with Gasteiger partial charge in [-0.1, -0.05) is 24.3 Å². The topological polar surface area (TPSA) is 55.4 Å². The van der Waals surface area contributed by atoms with Crippen molar-refractivity contribution in [3.63, 3.8) is 0 Å². The van der Waals surface area contributed by atoms with Gasteiger partial charge in [-0.15, -0.1) is 0 Å². The van der Waals surface area contributed by atoms with Crippen LogP contribution in [0.15, 0.2) is 24.3 Å². The van der Waals surface area contributed by atoms with Crippen molar-refractivity contribution >= 4 is 11.9 Å². The number of hydrogen-bond acceptors (Lipinski definition) is 3. The minimum absolute atomic E-state index is 0.0320. The van der Waals surface area contributed by atoms with Gasteiger partial charge in [0, 0.05) is 12.8 Å². The fourth-order valence-electron chi connectivity index (χ4n) is 2.16. The number of carbonyl (C=O) groups is 2. The summed E-state index contributed by atoms with van der Waals surface area (Å²) < 4.78 is 5.17. The molecule has 0 saturated carbocycles. The zero-order valence-electron chi connectivity index (χ0n) is 11.5. The third-order valence-corrected chi connectivity index (χ3v) is 2.99. The summed E-state index contributed by atoms with van der Waals surface area (Å²) >= 11 is 0. The van der Waals surface area contributed by atoms with E-state index in [0.717, 1.165) is 11.1 Å². The van der Waals surface area contributed by atoms with E-state index in [-0.39, 0.29) is 5.78 Å². The molecule has 19 heavy (non-hydrogen) atoms. The average molecular weight is 261 g/mol. The van der Waals surface area contributed by atoms with E-state index >= 15 is 0 Å². The van der Waals surface area contributed by atoms with Gasteiger partial charge in [-0.3, -0.25) is 4.79 Å². The molecule has 1 N–H and O–H groups in total. The van der Waals surface area contributed by atoms with Crippen LogP contribution in [0.3, 0.4) is 0 Å². The van der Waals surface area contributed by atoms with Crippen LogP contribution in [0, 0.1) is 0 Å². The van der Waals surface area contributed by atoms with Gasteiger partial charge >= 0.3 is 6.09 Å². The van der Waals surface area contributed by atoms with Gasteiger partial charge in [0.05, 0.1) is 6.04 Å². The summed E-state index contributed by atoms with van der Waals surface area (Å²) in [6.45, 7) is 5.39. The van der Waals surface area contributed by atoms with Crippen LogP contribution in [0.5, 0.6) is 0 Å². The first kappa shape index (κ1) is 13.6. The van der Waals surface area contributed by atoms with E-state index in [4.69, 9.17) is 4.74 Å². The number of carbonyl (C=O) groups excluding carboxylic acids is 2. The van der Waals surface area contributed by atoms with Crippen molar-refractivity contribution in [3.05, 3.63) is 35.4 Å². The second kappa shape index (κ2) is 5.03. The Morgan fingerprint density at radius 3 is 2.53 bits per heavy atom. The van der Waals surface area contributed by atoms with Crippen molar-refractivity contribution in [3.8, 4) is 0 Å². The maximum Gasteiger partial charge on any atom is 0.408 e. The summed E-state index contributed by atoms with van der Waals surface area (Å²) in [5.74, 6) is 0.0320. The molecule has 0 aromatic heterocycles. The standard InChI is InChI=1S/C15H19NO3/c1-15(2,3)19-14(18)16-12-8-10-6-4-5-7-11(10)9-13(12)17/h4-7,12H,8-9H2,1-3H3,(H,16,18). The number of fused-ring (bicyclic) bond motifs is 1. The predicted octanol–water partition coefficient (Wildman–Crippen LogP) is 2.25. The van der Waals surface area contributed by atoms with Gasteiger partial charge in [0.25, 0.3) is 0 Å². The minimum Gasteiger partial charge on any atom is -0.444 e. The largest absolute Gasteiger partial charge is 0.444 e. The quantitative estimate of drug-likeness (QED) is 0.843. The van der Waals surface area contributed by atoms with E-state index in [2.05, 4.69) is 5.32 Å². The molecule has 1 atom stereocenters. The lowest BCUT2D eigenvalue weighted by Gasteiger charge is -2.26. The van der Waals surface area contributed by atoms with Crippen LogP contribution < -0.4 is 5.32 Å². The Balaban J connectivity index is 2.03. The number of ketones is 1. The Labute approximate surface area is 113 Å². The molecule has 2 rings (SSSR count). The molecule has 0 aliphatic heterocycles. The van der Waals surface area contributed by atoms with Crippen molar-refractivity contribution in [2.24, 2.45) is 0 Å². The molecule has 1 aliphatic rings. The highest BCUT2D eigenvalue weighted by Crippen LogP contribution is 2.19. The molecule has 0 bridgehead atoms. The summed E-state index contributed by atoms with van der Waals surface area (Å²) in [6.07, 6.45) is 0.371. The van der Waals surface area contributed by atoms with E-state index in [1.807, 2.05) is 24.3 Å². The van der Waals surface area contributed by atoms with Crippen LogP contribution in [0.1, 0.15) is 31.9 Å². The Kier molecular flexibility index (Phi) is 3.60. The Morgan fingerprint density at radius 2 is 1.89 bits per heavy atom. The fourth-order valence-corrected chi connectivity index (χ4v) is 2.16. The highest BCUT2D eigenvalue weighted by atomic mass is 16.6. The van der Waals surface area contributed by atoms with Gasteiger partial charge in [-0.2, -0.15) is 0 Å². The number of hydrogen-bond donors (Lipinski definition) is 1. The van der Waals surface area contributed by atoms with Crippen molar-refractivity contribution in [1.29, 1.82) is 0 Å². The van der Waals surface area contributed by atoms with Gasteiger partial charge in [0.2, 0.25) is 0 Å². The van der Waals surface area contributed by atoms with Gasteiger partial charge in [-0.05, 0) is 31.9 Å². The monoisotopic (exact) mass is 261 g/mol. The number of Topliss-reactive ketones (excluding diaryl/α,β-unsaturated/α-hetero) is 1. The predicted molar refractivity (Wildman–Crippen MR) is 72.0 cm³/mol. The van der Waals surface area contributed by atoms with Gasteiger partial charge in [-0.25, -0.2) is 4.79 Å². The van der Waals surface area contributed by atoms with Crippen LogP contribution >= 0.6 is 0 Å². The minimum atomic E-state index is -0.556. The molecule has 0 spiro atoms. The fraction of sp³-hybridized carbons (Fsp3) is 0.467. The summed E-state index contributed by atoms with van der Waals surface area (Å²) in [5.41, 5.74) is 1.61. The van der Waals surface area contributed by atoms with Gasteiger partial charge in [0.15, 0.2) is 5.78 Å². The van der Waals surface area contributed by atoms with Crippen LogP contribution in [0.2, 0.25) is 0 Å². The van der Waals surface area contributed by atoms with E-state index in [1.54, 1.807) is 20.8 Å². The van der Waals surface area contributed by atoms with Crippen molar-refractivity contribution < 1.29 is 14.3 Å². The van der Waals surface area contributed by atoms with E-state index in [1.165, 1.54) is 0 Å². The average Bonchev–Trinajstić information content (AvgIpc) is 2.27. The van der Waals surface area contributed by atoms with Crippen LogP contribution in [0.25, 0.3) is 0 Å². The second-order valence-corrected chi connectivity index (χ2v) is 5.81. The lowest BCUT2D eigenvalue weighted by Crippen LogP contribution is -2.47. The van der Waals surface area contributed by atoms with E-state index < -0.39 is 17.7 Å². The van der Waals surface area contributed by atoms with Crippen molar-refractivity contribution in [2.75, 3.05) is 0 Å². The van der Waals surface area contributed by atoms with Crippen LogP contribution in [0.4, 0.5) is 4.79 Å². The van der Waals surface area contributed by atoms with E-state index in [0.29, 0.717) is 12.8 Å². The second-order valence-electron chi connectivity index (χ2n) is 5.81. The third kappa shape index (κ3) is 3.56. The first-order chi connectivity index (χ1) is 8.85. The number of ether oxygens (including phenoxy) is 1. The van der Waals surface area contributed by atoms with Crippen LogP contribution in [-0.4, -0.2) is 23.5 Å². The molecule has 1 amide bonds. The maximum absolute atomic E-state index is 12.0. The lowest BCUT2D eigenvalue weighted by molar-refractivity contribution is -0.120. The number of rotatable bonds is 1. The normalized spacial score (nSPS) is 18.7. The Hall–Kier alpha value is -1.84.